The van der Waals surface area contributed by atoms with Crippen molar-refractivity contribution in [1.82, 2.24) is 25.1 Å². The molecule has 134 valence electrons. The second-order valence-corrected chi connectivity index (χ2v) is 6.18. The molecule has 0 aliphatic heterocycles. The van der Waals surface area contributed by atoms with Crippen molar-refractivity contribution in [2.24, 2.45) is 0 Å². The molecular formula is C17H17N5O3S. The largest absolute Gasteiger partial charge is 0.450 e. The third-order valence-electron chi connectivity index (χ3n) is 3.52. The molecule has 2 aromatic heterocycles. The summed E-state index contributed by atoms with van der Waals surface area (Å²) in [6.07, 6.45) is 1.02. The van der Waals surface area contributed by atoms with Crippen LogP contribution in [-0.4, -0.2) is 44.1 Å². The van der Waals surface area contributed by atoms with Crippen molar-refractivity contribution in [2.75, 3.05) is 12.4 Å². The van der Waals surface area contributed by atoms with Crippen LogP contribution in [0.4, 0.5) is 4.79 Å². The number of nitrogens with one attached hydrogen (secondary N) is 1. The van der Waals surface area contributed by atoms with Gasteiger partial charge >= 0.3 is 6.09 Å². The van der Waals surface area contributed by atoms with Crippen LogP contribution in [0.25, 0.3) is 22.1 Å². The van der Waals surface area contributed by atoms with Crippen molar-refractivity contribution in [3.8, 4) is 0 Å². The Morgan fingerprint density at radius 3 is 2.92 bits per heavy atom. The highest BCUT2D eigenvalue weighted by Crippen LogP contribution is 2.27. The van der Waals surface area contributed by atoms with Crippen LogP contribution in [0.15, 0.2) is 42.1 Å². The Hall–Kier alpha value is -2.94. The molecule has 2 heterocycles. The smallest absolute Gasteiger partial charge is 0.413 e. The van der Waals surface area contributed by atoms with E-state index in [2.05, 4.69) is 31.8 Å². The van der Waals surface area contributed by atoms with E-state index in [-0.39, 0.29) is 12.4 Å². The number of aromatic nitrogens is 4. The summed E-state index contributed by atoms with van der Waals surface area (Å²) in [5.41, 5.74) is 2.36. The summed E-state index contributed by atoms with van der Waals surface area (Å²) in [6, 6.07) is 7.84. The summed E-state index contributed by atoms with van der Waals surface area (Å²) in [6.45, 7) is 6.23. The molecule has 8 nitrogen and oxygen atoms in total. The van der Waals surface area contributed by atoms with E-state index in [0.29, 0.717) is 22.9 Å². The third-order valence-corrected chi connectivity index (χ3v) is 4.35. The van der Waals surface area contributed by atoms with Gasteiger partial charge in [-0.3, -0.25) is 10.1 Å². The fraction of sp³-hybridized carbons (Fsp3) is 0.235. The molecule has 26 heavy (non-hydrogen) atoms. The van der Waals surface area contributed by atoms with Gasteiger partial charge in [0.2, 0.25) is 11.1 Å². The van der Waals surface area contributed by atoms with E-state index in [4.69, 9.17) is 0 Å². The van der Waals surface area contributed by atoms with E-state index in [0.717, 1.165) is 22.7 Å². The van der Waals surface area contributed by atoms with Gasteiger partial charge in [0.15, 0.2) is 5.65 Å². The van der Waals surface area contributed by atoms with Crippen molar-refractivity contribution < 1.29 is 14.3 Å². The molecule has 0 saturated heterocycles. The number of carbonyl (C=O) groups is 2. The van der Waals surface area contributed by atoms with Crippen molar-refractivity contribution in [2.45, 2.75) is 18.6 Å². The molecule has 0 unspecified atom stereocenters. The van der Waals surface area contributed by atoms with E-state index >= 15 is 0 Å². The van der Waals surface area contributed by atoms with Gasteiger partial charge in [0, 0.05) is 11.9 Å². The lowest BCUT2D eigenvalue weighted by atomic mass is 10.2. The number of nitrogens with zero attached hydrogens (tertiary/aromatic N) is 4. The van der Waals surface area contributed by atoms with Gasteiger partial charge in [-0.2, -0.15) is 0 Å². The van der Waals surface area contributed by atoms with Gasteiger partial charge < -0.3 is 9.30 Å². The van der Waals surface area contributed by atoms with Gasteiger partial charge in [-0.15, -0.1) is 16.8 Å². The molecule has 2 amide bonds. The number of imide groups is 1. The number of allylic oxidation sites excluding steroid dienone is 1. The summed E-state index contributed by atoms with van der Waals surface area (Å²) >= 11 is 1.10. The molecule has 0 aliphatic rings. The number of para-hydroxylation sites is 1. The maximum atomic E-state index is 11.7. The predicted molar refractivity (Wildman–Crippen MR) is 98.9 cm³/mol. The number of benzene rings is 1. The lowest BCUT2D eigenvalue weighted by Gasteiger charge is -2.04. The Balaban J connectivity index is 1.83. The van der Waals surface area contributed by atoms with Crippen LogP contribution in [-0.2, 0) is 16.1 Å². The Labute approximate surface area is 153 Å². The van der Waals surface area contributed by atoms with Gasteiger partial charge in [0.1, 0.15) is 5.52 Å². The molecule has 3 rings (SSSR count). The summed E-state index contributed by atoms with van der Waals surface area (Å²) in [5.74, 6) is -0.503. The number of rotatable bonds is 6. The Kier molecular flexibility index (Phi) is 5.47. The Morgan fingerprint density at radius 2 is 2.15 bits per heavy atom. The zero-order chi connectivity index (χ0) is 18.5. The number of amides is 2. The first-order valence-electron chi connectivity index (χ1n) is 7.96. The number of ether oxygens (including phenoxy) is 1. The quantitative estimate of drug-likeness (QED) is 0.525. The van der Waals surface area contributed by atoms with Crippen LogP contribution in [0, 0.1) is 0 Å². The highest BCUT2D eigenvalue weighted by molar-refractivity contribution is 7.99. The maximum absolute atomic E-state index is 11.7. The van der Waals surface area contributed by atoms with Crippen LogP contribution in [0.1, 0.15) is 6.92 Å². The van der Waals surface area contributed by atoms with Crippen LogP contribution < -0.4 is 5.32 Å². The summed E-state index contributed by atoms with van der Waals surface area (Å²) < 4.78 is 6.66. The Morgan fingerprint density at radius 1 is 1.35 bits per heavy atom. The number of carbonyl (C=O) groups excluding carboxylic acids is 2. The number of hydrogen-bond donors (Lipinski definition) is 1. The molecule has 0 radical (unpaired) electrons. The van der Waals surface area contributed by atoms with E-state index in [1.165, 1.54) is 0 Å². The normalized spacial score (nSPS) is 10.8. The van der Waals surface area contributed by atoms with Gasteiger partial charge in [-0.1, -0.05) is 36.0 Å². The van der Waals surface area contributed by atoms with E-state index in [1.54, 1.807) is 13.0 Å². The fourth-order valence-electron chi connectivity index (χ4n) is 2.51. The Bertz CT molecular complexity index is 985. The molecular weight excluding hydrogens is 354 g/mol. The number of thioether (sulfide) groups is 1. The molecule has 1 aromatic carbocycles. The molecule has 0 aliphatic carbocycles. The minimum atomic E-state index is -0.765. The maximum Gasteiger partial charge on any atom is 0.413 e. The van der Waals surface area contributed by atoms with Crippen LogP contribution >= 0.6 is 11.8 Å². The van der Waals surface area contributed by atoms with Crippen LogP contribution in [0.3, 0.4) is 0 Å². The van der Waals surface area contributed by atoms with Crippen LogP contribution in [0.5, 0.6) is 0 Å². The monoisotopic (exact) mass is 371 g/mol. The average molecular weight is 371 g/mol. The first-order chi connectivity index (χ1) is 12.6. The second kappa shape index (κ2) is 7.96. The van der Waals surface area contributed by atoms with Gasteiger partial charge in [-0.25, -0.2) is 9.78 Å². The number of hydrogen-bond acceptors (Lipinski definition) is 7. The molecule has 1 N–H and O–H groups in total. The minimum Gasteiger partial charge on any atom is -0.450 e. The molecule has 9 heteroatoms. The zero-order valence-electron chi connectivity index (χ0n) is 14.1. The SMILES string of the molecule is C=CCn1c2ccccc2c2nnc(SCC(=O)NC(=O)OCC)nc21. The van der Waals surface area contributed by atoms with Gasteiger partial charge in [0.05, 0.1) is 17.9 Å². The van der Waals surface area contributed by atoms with E-state index in [1.807, 2.05) is 28.8 Å². The lowest BCUT2D eigenvalue weighted by Crippen LogP contribution is -2.32. The molecule has 0 fully saturated rings. The second-order valence-electron chi connectivity index (χ2n) is 5.24. The van der Waals surface area contributed by atoms with Gasteiger partial charge in [0.25, 0.3) is 0 Å². The number of fused-ring (bicyclic) bond motifs is 3. The molecule has 0 bridgehead atoms. The zero-order valence-corrected chi connectivity index (χ0v) is 15.0. The van der Waals surface area contributed by atoms with Gasteiger partial charge in [-0.05, 0) is 13.0 Å². The van der Waals surface area contributed by atoms with Crippen molar-refractivity contribution >= 4 is 45.8 Å². The summed E-state index contributed by atoms with van der Waals surface area (Å²) in [4.78, 5) is 27.5. The minimum absolute atomic E-state index is 0.0202. The number of alkyl carbamates (subject to hydrolysis) is 1. The summed E-state index contributed by atoms with van der Waals surface area (Å²) in [5, 5.41) is 11.8. The lowest BCUT2D eigenvalue weighted by molar-refractivity contribution is -0.117. The summed E-state index contributed by atoms with van der Waals surface area (Å²) in [7, 11) is 0. The molecule has 0 saturated carbocycles. The van der Waals surface area contributed by atoms with E-state index < -0.39 is 12.0 Å². The van der Waals surface area contributed by atoms with E-state index in [9.17, 15) is 9.59 Å². The third kappa shape index (κ3) is 3.67. The first-order valence-corrected chi connectivity index (χ1v) is 8.94. The van der Waals surface area contributed by atoms with Crippen molar-refractivity contribution in [3.05, 3.63) is 36.9 Å². The van der Waals surface area contributed by atoms with Crippen molar-refractivity contribution in [3.63, 3.8) is 0 Å². The standard InChI is InChI=1S/C17H17N5O3S/c1-3-9-22-12-8-6-5-7-11(12)14-15(22)19-16(21-20-14)26-10-13(23)18-17(24)25-4-2/h3,5-8H,1,4,9-10H2,2H3,(H,18,23,24). The fourth-order valence-corrected chi connectivity index (χ4v) is 3.09. The highest BCUT2D eigenvalue weighted by Gasteiger charge is 2.15. The molecule has 0 spiro atoms. The highest BCUT2D eigenvalue weighted by atomic mass is 32.2. The first kappa shape index (κ1) is 17.9. The molecule has 3 aromatic rings. The molecule has 0 atom stereocenters. The van der Waals surface area contributed by atoms with Crippen LogP contribution in [0.2, 0.25) is 0 Å². The predicted octanol–water partition coefficient (Wildman–Crippen LogP) is 2.53. The topological polar surface area (TPSA) is 99.0 Å². The average Bonchev–Trinajstić information content (AvgIpc) is 2.94. The van der Waals surface area contributed by atoms with Crippen molar-refractivity contribution in [1.29, 1.82) is 0 Å².